The zero-order chi connectivity index (χ0) is 21.1. The summed E-state index contributed by atoms with van der Waals surface area (Å²) in [5, 5.41) is 7.25. The number of halogens is 1. The van der Waals surface area contributed by atoms with Crippen LogP contribution in [0.25, 0.3) is 27.8 Å². The minimum absolute atomic E-state index is 0.217. The molecule has 0 saturated carbocycles. The number of nitrogens with zero attached hydrogens (tertiary/aromatic N) is 6. The highest BCUT2D eigenvalue weighted by atomic mass is 19.1. The average molecular weight is 408 g/mol. The minimum atomic E-state index is -0.561. The summed E-state index contributed by atoms with van der Waals surface area (Å²) >= 11 is 0. The van der Waals surface area contributed by atoms with Gasteiger partial charge in [0, 0.05) is 31.5 Å². The Kier molecular flexibility index (Phi) is 5.71. The number of hydrogen-bond acceptors (Lipinski definition) is 7. The number of alkyl halides is 1. The number of likely N-dealkylation sites (tertiary alicyclic amines) is 1. The highest BCUT2D eigenvalue weighted by Crippen LogP contribution is 2.29. The maximum atomic E-state index is 12.4. The van der Waals surface area contributed by atoms with Crippen molar-refractivity contribution in [3.8, 4) is 11.3 Å². The van der Waals surface area contributed by atoms with Crippen LogP contribution in [-0.4, -0.2) is 62.8 Å². The molecule has 0 spiro atoms. The van der Waals surface area contributed by atoms with E-state index >= 15 is 0 Å². The largest absolute Gasteiger partial charge is 0.371 e. The fourth-order valence-corrected chi connectivity index (χ4v) is 3.63. The van der Waals surface area contributed by atoms with E-state index in [4.69, 9.17) is 5.73 Å². The Hall–Kier alpha value is -3.33. The van der Waals surface area contributed by atoms with Crippen LogP contribution in [0.5, 0.6) is 0 Å². The van der Waals surface area contributed by atoms with E-state index in [0.29, 0.717) is 12.4 Å². The van der Waals surface area contributed by atoms with Gasteiger partial charge in [-0.3, -0.25) is 4.98 Å². The summed E-state index contributed by atoms with van der Waals surface area (Å²) in [5.74, 6) is 0.884. The Balaban J connectivity index is 0.000000230. The number of fused-ring (bicyclic) bond motifs is 2. The normalized spacial score (nSPS) is 17.0. The molecule has 4 aromatic heterocycles. The Morgan fingerprint density at radius 1 is 1.17 bits per heavy atom. The van der Waals surface area contributed by atoms with Crippen molar-refractivity contribution in [1.82, 2.24) is 29.5 Å². The van der Waals surface area contributed by atoms with Gasteiger partial charge in [-0.2, -0.15) is 4.98 Å². The first-order chi connectivity index (χ1) is 14.5. The maximum Gasteiger partial charge on any atom is 0.240 e. The topological polar surface area (TPSA) is 97.3 Å². The molecule has 0 unspecified atom stereocenters. The molecule has 30 heavy (non-hydrogen) atoms. The van der Waals surface area contributed by atoms with Crippen molar-refractivity contribution in [2.75, 3.05) is 38.2 Å². The molecule has 1 fully saturated rings. The van der Waals surface area contributed by atoms with E-state index in [2.05, 4.69) is 25.4 Å². The van der Waals surface area contributed by atoms with Crippen LogP contribution in [0.2, 0.25) is 0 Å². The lowest BCUT2D eigenvalue weighted by molar-refractivity contribution is 0.163. The van der Waals surface area contributed by atoms with Gasteiger partial charge in [0.25, 0.3) is 0 Å². The minimum Gasteiger partial charge on any atom is -0.371 e. The van der Waals surface area contributed by atoms with Crippen molar-refractivity contribution >= 4 is 28.3 Å². The van der Waals surface area contributed by atoms with E-state index in [0.717, 1.165) is 47.2 Å². The second kappa shape index (κ2) is 8.58. The van der Waals surface area contributed by atoms with E-state index in [-0.39, 0.29) is 5.95 Å². The zero-order valence-corrected chi connectivity index (χ0v) is 17.1. The second-order valence-electron chi connectivity index (χ2n) is 7.33. The molecule has 0 aliphatic carbocycles. The lowest BCUT2D eigenvalue weighted by Gasteiger charge is -2.24. The van der Waals surface area contributed by atoms with Gasteiger partial charge in [-0.1, -0.05) is 0 Å². The molecule has 0 aromatic carbocycles. The van der Waals surface area contributed by atoms with Crippen LogP contribution in [0.3, 0.4) is 0 Å². The average Bonchev–Trinajstić information content (AvgIpc) is 3.17. The van der Waals surface area contributed by atoms with Crippen molar-refractivity contribution in [2.24, 2.45) is 0 Å². The lowest BCUT2D eigenvalue weighted by atomic mass is 10.1. The SMILES string of the molecule is CN1CCC[C@@H](F)C1.CNc1nc(N)nn2ccc(-c3ccc4ncccc4n3)c12. The molecule has 1 atom stereocenters. The number of pyridine rings is 2. The molecule has 3 N–H and O–H groups in total. The van der Waals surface area contributed by atoms with Gasteiger partial charge in [0.05, 0.1) is 16.7 Å². The van der Waals surface area contributed by atoms with Gasteiger partial charge in [-0.15, -0.1) is 5.10 Å². The van der Waals surface area contributed by atoms with Crippen LogP contribution >= 0.6 is 0 Å². The Labute approximate surface area is 174 Å². The smallest absolute Gasteiger partial charge is 0.240 e. The molecule has 1 saturated heterocycles. The predicted molar refractivity (Wildman–Crippen MR) is 117 cm³/mol. The second-order valence-corrected chi connectivity index (χ2v) is 7.33. The first kappa shape index (κ1) is 20.0. The van der Waals surface area contributed by atoms with Gasteiger partial charge >= 0.3 is 0 Å². The first-order valence-corrected chi connectivity index (χ1v) is 9.92. The summed E-state index contributed by atoms with van der Waals surface area (Å²) in [7, 11) is 3.77. The molecule has 1 aliphatic heterocycles. The van der Waals surface area contributed by atoms with Gasteiger partial charge in [0.2, 0.25) is 5.95 Å². The summed E-state index contributed by atoms with van der Waals surface area (Å²) in [5.41, 5.74) is 10.1. The van der Waals surface area contributed by atoms with Crippen LogP contribution in [0.4, 0.5) is 16.2 Å². The third-order valence-corrected chi connectivity index (χ3v) is 5.06. The Bertz CT molecular complexity index is 1150. The summed E-state index contributed by atoms with van der Waals surface area (Å²) < 4.78 is 14.1. The lowest BCUT2D eigenvalue weighted by Crippen LogP contribution is -2.32. The summed E-state index contributed by atoms with van der Waals surface area (Å²) in [6.45, 7) is 1.71. The zero-order valence-electron chi connectivity index (χ0n) is 17.1. The molecule has 1 aliphatic rings. The number of anilines is 2. The van der Waals surface area contributed by atoms with Crippen LogP contribution in [0, 0.1) is 0 Å². The quantitative estimate of drug-likeness (QED) is 0.526. The van der Waals surface area contributed by atoms with Crippen LogP contribution in [-0.2, 0) is 0 Å². The van der Waals surface area contributed by atoms with Gasteiger partial charge in [-0.25, -0.2) is 13.9 Å². The van der Waals surface area contributed by atoms with Crippen molar-refractivity contribution in [1.29, 1.82) is 0 Å². The molecular formula is C21H25FN8. The third kappa shape index (κ3) is 4.16. The molecule has 0 radical (unpaired) electrons. The third-order valence-electron chi connectivity index (χ3n) is 5.06. The van der Waals surface area contributed by atoms with E-state index in [1.165, 1.54) is 0 Å². The summed E-state index contributed by atoms with van der Waals surface area (Å²) in [6, 6.07) is 9.67. The molecule has 5 heterocycles. The molecule has 156 valence electrons. The number of nitrogens with two attached hydrogens (primary N) is 1. The summed E-state index contributed by atoms with van der Waals surface area (Å²) in [4.78, 5) is 15.2. The highest BCUT2D eigenvalue weighted by Gasteiger charge is 2.15. The van der Waals surface area contributed by atoms with Crippen LogP contribution in [0.15, 0.2) is 42.7 Å². The van der Waals surface area contributed by atoms with Gasteiger partial charge in [0.15, 0.2) is 5.82 Å². The van der Waals surface area contributed by atoms with Gasteiger partial charge < -0.3 is 16.0 Å². The number of aromatic nitrogens is 5. The molecular weight excluding hydrogens is 383 g/mol. The number of nitrogen functional groups attached to an aromatic ring is 1. The molecule has 8 nitrogen and oxygen atoms in total. The highest BCUT2D eigenvalue weighted by molar-refractivity contribution is 5.89. The predicted octanol–water partition coefficient (Wildman–Crippen LogP) is 3.01. The Morgan fingerprint density at radius 3 is 2.77 bits per heavy atom. The van der Waals surface area contributed by atoms with Gasteiger partial charge in [0.1, 0.15) is 11.7 Å². The van der Waals surface area contributed by atoms with E-state index < -0.39 is 6.17 Å². The van der Waals surface area contributed by atoms with Crippen LogP contribution < -0.4 is 11.1 Å². The number of nitrogens with one attached hydrogen (secondary N) is 1. The fourth-order valence-electron chi connectivity index (χ4n) is 3.63. The first-order valence-electron chi connectivity index (χ1n) is 9.92. The molecule has 0 bridgehead atoms. The molecule has 5 rings (SSSR count). The van der Waals surface area contributed by atoms with Crippen molar-refractivity contribution in [3.05, 3.63) is 42.7 Å². The monoisotopic (exact) mass is 408 g/mol. The maximum absolute atomic E-state index is 12.4. The van der Waals surface area contributed by atoms with E-state index in [9.17, 15) is 4.39 Å². The summed E-state index contributed by atoms with van der Waals surface area (Å²) in [6.07, 6.45) is 4.84. The molecule has 4 aromatic rings. The van der Waals surface area contributed by atoms with Crippen molar-refractivity contribution in [2.45, 2.75) is 19.0 Å². The molecule has 0 amide bonds. The van der Waals surface area contributed by atoms with Crippen molar-refractivity contribution in [3.63, 3.8) is 0 Å². The van der Waals surface area contributed by atoms with Crippen molar-refractivity contribution < 1.29 is 4.39 Å². The standard InChI is InChI=1S/C15H13N7.C6H12FN/c1-17-14-13-9(6-8-22(13)21-15(16)20-14)10-4-5-11-12(19-10)3-2-7-18-11;1-8-4-2-3-6(7)5-8/h2-8H,1H3,(H3,16,17,20,21);6H,2-5H2,1H3/t;6-/m.1/s1. The van der Waals surface area contributed by atoms with Gasteiger partial charge in [-0.05, 0) is 56.8 Å². The number of rotatable bonds is 2. The van der Waals surface area contributed by atoms with E-state index in [1.54, 1.807) is 17.8 Å². The van der Waals surface area contributed by atoms with E-state index in [1.807, 2.05) is 48.5 Å². The Morgan fingerprint density at radius 2 is 2.03 bits per heavy atom. The number of piperidine rings is 1. The molecule has 9 heteroatoms. The fraction of sp³-hybridized carbons (Fsp3) is 0.333. The van der Waals surface area contributed by atoms with Crippen LogP contribution in [0.1, 0.15) is 12.8 Å². The number of hydrogen-bond donors (Lipinski definition) is 2.